The Bertz CT molecular complexity index is 859. The fourth-order valence-electron chi connectivity index (χ4n) is 3.21. The van der Waals surface area contributed by atoms with Gasteiger partial charge in [0.05, 0.1) is 4.92 Å². The van der Waals surface area contributed by atoms with Crippen LogP contribution < -0.4 is 5.32 Å². The van der Waals surface area contributed by atoms with Gasteiger partial charge < -0.3 is 10.2 Å². The summed E-state index contributed by atoms with van der Waals surface area (Å²) in [5.74, 6) is -0.333. The molecule has 0 radical (unpaired) electrons. The molecule has 2 amide bonds. The highest BCUT2D eigenvalue weighted by molar-refractivity contribution is 5.95. The minimum absolute atomic E-state index is 0.00844. The fraction of sp³-hybridized carbons (Fsp3) is 0.300. The third-order valence-electron chi connectivity index (χ3n) is 4.81. The molecule has 0 bridgehead atoms. The topological polar surface area (TPSA) is 92.6 Å². The highest BCUT2D eigenvalue weighted by Gasteiger charge is 2.26. The summed E-state index contributed by atoms with van der Waals surface area (Å²) in [5.41, 5.74) is 1.41. The quantitative estimate of drug-likeness (QED) is 0.664. The predicted molar refractivity (Wildman–Crippen MR) is 101 cm³/mol. The molecule has 7 heteroatoms. The summed E-state index contributed by atoms with van der Waals surface area (Å²) in [7, 11) is 0. The molecule has 3 rings (SSSR count). The van der Waals surface area contributed by atoms with Gasteiger partial charge in [-0.2, -0.15) is 0 Å². The van der Waals surface area contributed by atoms with E-state index in [1.165, 1.54) is 6.07 Å². The van der Waals surface area contributed by atoms with Crippen molar-refractivity contribution in [3.8, 4) is 0 Å². The number of benzene rings is 2. The van der Waals surface area contributed by atoms with Crippen molar-refractivity contribution < 1.29 is 14.5 Å². The number of nitro benzene ring substituents is 1. The van der Waals surface area contributed by atoms with Crippen LogP contribution in [0, 0.1) is 17.0 Å². The van der Waals surface area contributed by atoms with Crippen LogP contribution in [0.5, 0.6) is 0 Å². The first-order valence-electron chi connectivity index (χ1n) is 8.86. The molecule has 1 aliphatic heterocycles. The van der Waals surface area contributed by atoms with Crippen LogP contribution in [0.1, 0.15) is 39.1 Å². The Hall–Kier alpha value is -3.22. The lowest BCUT2D eigenvalue weighted by Gasteiger charge is -2.32. The summed E-state index contributed by atoms with van der Waals surface area (Å²) in [6, 6.07) is 13.6. The van der Waals surface area contributed by atoms with E-state index in [9.17, 15) is 19.7 Å². The van der Waals surface area contributed by atoms with Gasteiger partial charge in [-0.3, -0.25) is 19.7 Å². The van der Waals surface area contributed by atoms with Gasteiger partial charge in [-0.15, -0.1) is 0 Å². The van der Waals surface area contributed by atoms with E-state index in [0.29, 0.717) is 42.6 Å². The Kier molecular flexibility index (Phi) is 5.49. The van der Waals surface area contributed by atoms with Crippen molar-refractivity contribution in [3.63, 3.8) is 0 Å². The number of hydrogen-bond donors (Lipinski definition) is 1. The van der Waals surface area contributed by atoms with Crippen molar-refractivity contribution in [2.75, 3.05) is 13.1 Å². The van der Waals surface area contributed by atoms with E-state index < -0.39 is 4.92 Å². The van der Waals surface area contributed by atoms with Crippen LogP contribution in [0.4, 0.5) is 5.69 Å². The molecule has 0 aromatic heterocycles. The smallest absolute Gasteiger partial charge is 0.273 e. The second-order valence-electron chi connectivity index (χ2n) is 6.66. The van der Waals surface area contributed by atoms with Gasteiger partial charge in [0.25, 0.3) is 17.5 Å². The molecule has 0 saturated carbocycles. The molecular formula is C20H21N3O4. The van der Waals surface area contributed by atoms with Gasteiger partial charge >= 0.3 is 0 Å². The van der Waals surface area contributed by atoms with E-state index in [1.54, 1.807) is 36.1 Å². The van der Waals surface area contributed by atoms with E-state index >= 15 is 0 Å². The number of carbonyl (C=O) groups is 2. The van der Waals surface area contributed by atoms with Gasteiger partial charge in [0.15, 0.2) is 0 Å². The van der Waals surface area contributed by atoms with Crippen LogP contribution in [-0.4, -0.2) is 40.8 Å². The number of hydrogen-bond acceptors (Lipinski definition) is 4. The molecule has 1 aliphatic rings. The van der Waals surface area contributed by atoms with Crippen LogP contribution >= 0.6 is 0 Å². The molecule has 140 valence electrons. The Morgan fingerprint density at radius 2 is 1.74 bits per heavy atom. The second kappa shape index (κ2) is 7.99. The van der Waals surface area contributed by atoms with Crippen molar-refractivity contribution in [1.82, 2.24) is 10.2 Å². The molecule has 0 spiro atoms. The van der Waals surface area contributed by atoms with Crippen molar-refractivity contribution in [3.05, 3.63) is 75.3 Å². The molecule has 7 nitrogen and oxygen atoms in total. The average Bonchev–Trinajstić information content (AvgIpc) is 2.69. The van der Waals surface area contributed by atoms with Crippen LogP contribution in [0.15, 0.2) is 48.5 Å². The molecule has 1 heterocycles. The number of rotatable bonds is 4. The number of amides is 2. The summed E-state index contributed by atoms with van der Waals surface area (Å²) in [4.78, 5) is 37.2. The molecule has 2 aromatic rings. The largest absolute Gasteiger partial charge is 0.349 e. The van der Waals surface area contributed by atoms with Crippen molar-refractivity contribution >= 4 is 17.5 Å². The van der Waals surface area contributed by atoms with Crippen LogP contribution in [-0.2, 0) is 0 Å². The van der Waals surface area contributed by atoms with Crippen molar-refractivity contribution in [2.24, 2.45) is 0 Å². The van der Waals surface area contributed by atoms with E-state index in [2.05, 4.69) is 5.32 Å². The number of likely N-dealkylation sites (tertiary alicyclic amines) is 1. The SMILES string of the molecule is Cc1ccc(C(=O)N2CCC(NC(=O)c3ccccc3)CC2)cc1[N+](=O)[O-]. The molecule has 0 atom stereocenters. The monoisotopic (exact) mass is 367 g/mol. The van der Waals surface area contributed by atoms with E-state index in [4.69, 9.17) is 0 Å². The van der Waals surface area contributed by atoms with Gasteiger partial charge in [-0.1, -0.05) is 24.3 Å². The highest BCUT2D eigenvalue weighted by atomic mass is 16.6. The van der Waals surface area contributed by atoms with Gasteiger partial charge in [-0.05, 0) is 38.0 Å². The third-order valence-corrected chi connectivity index (χ3v) is 4.81. The van der Waals surface area contributed by atoms with E-state index in [0.717, 1.165) is 0 Å². The van der Waals surface area contributed by atoms with Gasteiger partial charge in [0.2, 0.25) is 0 Å². The third kappa shape index (κ3) is 4.31. The standard InChI is InChI=1S/C20H21N3O4/c1-14-7-8-16(13-18(14)23(26)27)20(25)22-11-9-17(10-12-22)21-19(24)15-5-3-2-4-6-15/h2-8,13,17H,9-12H2,1H3,(H,21,24). The molecule has 1 fully saturated rings. The maximum absolute atomic E-state index is 12.7. The fourth-order valence-corrected chi connectivity index (χ4v) is 3.21. The first-order chi connectivity index (χ1) is 13.0. The molecule has 1 N–H and O–H groups in total. The predicted octanol–water partition coefficient (Wildman–Crippen LogP) is 2.94. The van der Waals surface area contributed by atoms with Crippen LogP contribution in [0.25, 0.3) is 0 Å². The lowest BCUT2D eigenvalue weighted by molar-refractivity contribution is -0.385. The zero-order valence-electron chi connectivity index (χ0n) is 15.1. The van der Waals surface area contributed by atoms with Crippen LogP contribution in [0.3, 0.4) is 0 Å². The summed E-state index contributed by atoms with van der Waals surface area (Å²) in [6.07, 6.45) is 1.30. The summed E-state index contributed by atoms with van der Waals surface area (Å²) in [5, 5.41) is 14.1. The summed E-state index contributed by atoms with van der Waals surface area (Å²) < 4.78 is 0. The molecule has 2 aromatic carbocycles. The number of nitro groups is 1. The Morgan fingerprint density at radius 1 is 1.07 bits per heavy atom. The van der Waals surface area contributed by atoms with Crippen molar-refractivity contribution in [1.29, 1.82) is 0 Å². The normalized spacial score (nSPS) is 14.6. The number of nitrogens with zero attached hydrogens (tertiary/aromatic N) is 2. The minimum atomic E-state index is -0.475. The maximum Gasteiger partial charge on any atom is 0.273 e. The molecule has 27 heavy (non-hydrogen) atoms. The number of carbonyl (C=O) groups excluding carboxylic acids is 2. The zero-order chi connectivity index (χ0) is 19.4. The summed E-state index contributed by atoms with van der Waals surface area (Å²) in [6.45, 7) is 2.65. The first-order valence-corrected chi connectivity index (χ1v) is 8.86. The molecule has 0 aliphatic carbocycles. The van der Waals surface area contributed by atoms with Gasteiger partial charge in [0.1, 0.15) is 0 Å². The lowest BCUT2D eigenvalue weighted by Crippen LogP contribution is -2.46. The maximum atomic E-state index is 12.7. The van der Waals surface area contributed by atoms with E-state index in [1.807, 2.05) is 18.2 Å². The molecular weight excluding hydrogens is 346 g/mol. The Morgan fingerprint density at radius 3 is 2.37 bits per heavy atom. The number of piperidine rings is 1. The van der Waals surface area contributed by atoms with Gasteiger partial charge in [0, 0.05) is 41.9 Å². The molecule has 1 saturated heterocycles. The average molecular weight is 367 g/mol. The highest BCUT2D eigenvalue weighted by Crippen LogP contribution is 2.21. The number of aryl methyl sites for hydroxylation is 1. The summed E-state index contributed by atoms with van der Waals surface area (Å²) >= 11 is 0. The van der Waals surface area contributed by atoms with Crippen molar-refractivity contribution in [2.45, 2.75) is 25.8 Å². The molecule has 0 unspecified atom stereocenters. The minimum Gasteiger partial charge on any atom is -0.349 e. The lowest BCUT2D eigenvalue weighted by atomic mass is 10.0. The zero-order valence-corrected chi connectivity index (χ0v) is 15.1. The second-order valence-corrected chi connectivity index (χ2v) is 6.66. The van der Waals surface area contributed by atoms with E-state index in [-0.39, 0.29) is 23.5 Å². The van der Waals surface area contributed by atoms with Gasteiger partial charge in [-0.25, -0.2) is 0 Å². The Labute approximate surface area is 157 Å². The Balaban J connectivity index is 1.59. The van der Waals surface area contributed by atoms with Crippen LogP contribution in [0.2, 0.25) is 0 Å². The first kappa shape index (κ1) is 18.6. The number of nitrogens with one attached hydrogen (secondary N) is 1.